The Morgan fingerprint density at radius 3 is 2.37 bits per heavy atom. The second kappa shape index (κ2) is 15.9. The molecule has 2 fully saturated rings. The van der Waals surface area contributed by atoms with Crippen molar-refractivity contribution in [2.45, 2.75) is 64.7 Å². The van der Waals surface area contributed by atoms with Crippen LogP contribution in [0.1, 0.15) is 70.3 Å². The normalized spacial score (nSPS) is 16.5. The topological polar surface area (TPSA) is 125 Å². The van der Waals surface area contributed by atoms with E-state index in [0.29, 0.717) is 65.6 Å². The van der Waals surface area contributed by atoms with Crippen LogP contribution in [0.25, 0.3) is 11.7 Å². The van der Waals surface area contributed by atoms with Gasteiger partial charge >= 0.3 is 12.1 Å². The number of carbonyl (C=O) groups excluding carboxylic acids is 2. The maximum atomic E-state index is 13.7. The van der Waals surface area contributed by atoms with Crippen molar-refractivity contribution in [2.24, 2.45) is 0 Å². The molecule has 0 radical (unpaired) electrons. The Morgan fingerprint density at radius 1 is 1.02 bits per heavy atom. The van der Waals surface area contributed by atoms with Gasteiger partial charge in [-0.05, 0) is 38.0 Å². The molecule has 4 rings (SSSR count). The maximum Gasteiger partial charge on any atom is 0.409 e. The maximum absolute atomic E-state index is 13.7. The SMILES string of the molecule is CCOC(=O)N1CCN(c2nc3ccccn3c(=O)c2C=C2SC(=S)N(CCCCCCCCCCC(=O)O)C2=O)CC1. The number of rotatable bonds is 14. The summed E-state index contributed by atoms with van der Waals surface area (Å²) in [6.07, 6.45) is 10.9. The fourth-order valence-electron chi connectivity index (χ4n) is 5.20. The van der Waals surface area contributed by atoms with E-state index in [9.17, 15) is 19.2 Å². The molecule has 2 aliphatic rings. The number of ether oxygens (including phenoxy) is 1. The quantitative estimate of drug-likeness (QED) is 0.178. The Hall–Kier alpha value is -3.45. The molecular weight excluding hydrogens is 590 g/mol. The summed E-state index contributed by atoms with van der Waals surface area (Å²) in [7, 11) is 0. The molecular formula is C30H39N5O6S2. The lowest BCUT2D eigenvalue weighted by atomic mass is 10.1. The van der Waals surface area contributed by atoms with E-state index in [4.69, 9.17) is 27.0 Å². The number of aromatic nitrogens is 2. The highest BCUT2D eigenvalue weighted by molar-refractivity contribution is 8.26. The van der Waals surface area contributed by atoms with E-state index in [1.807, 2.05) is 11.0 Å². The Kier molecular flexibility index (Phi) is 12.0. The molecule has 232 valence electrons. The molecule has 1 N–H and O–H groups in total. The minimum Gasteiger partial charge on any atom is -0.481 e. The zero-order chi connectivity index (χ0) is 30.8. The number of anilines is 1. The van der Waals surface area contributed by atoms with Gasteiger partial charge in [-0.25, -0.2) is 9.78 Å². The number of thioether (sulfide) groups is 1. The number of hydrogen-bond donors (Lipinski definition) is 1. The summed E-state index contributed by atoms with van der Waals surface area (Å²) < 4.78 is 7.08. The van der Waals surface area contributed by atoms with Crippen LogP contribution in [-0.4, -0.2) is 85.9 Å². The third kappa shape index (κ3) is 8.56. The molecule has 43 heavy (non-hydrogen) atoms. The molecule has 0 bridgehead atoms. The van der Waals surface area contributed by atoms with Gasteiger partial charge in [0.05, 0.1) is 17.1 Å². The predicted molar refractivity (Wildman–Crippen MR) is 171 cm³/mol. The van der Waals surface area contributed by atoms with Crippen molar-refractivity contribution >= 4 is 63.8 Å². The Labute approximate surface area is 260 Å². The molecule has 2 aromatic heterocycles. The smallest absolute Gasteiger partial charge is 0.409 e. The second-order valence-electron chi connectivity index (χ2n) is 10.6. The average Bonchev–Trinajstić information content (AvgIpc) is 3.26. The summed E-state index contributed by atoms with van der Waals surface area (Å²) >= 11 is 6.74. The van der Waals surface area contributed by atoms with Crippen LogP contribution >= 0.6 is 24.0 Å². The van der Waals surface area contributed by atoms with Gasteiger partial charge in [0, 0.05) is 45.3 Å². The highest BCUT2D eigenvalue weighted by Gasteiger charge is 2.33. The predicted octanol–water partition coefficient (Wildman–Crippen LogP) is 4.77. The van der Waals surface area contributed by atoms with Crippen molar-refractivity contribution in [2.75, 3.05) is 44.2 Å². The van der Waals surface area contributed by atoms with Crippen LogP contribution in [0.2, 0.25) is 0 Å². The number of piperazine rings is 1. The van der Waals surface area contributed by atoms with Crippen LogP contribution < -0.4 is 10.5 Å². The fourth-order valence-corrected chi connectivity index (χ4v) is 6.49. The van der Waals surface area contributed by atoms with E-state index in [1.165, 1.54) is 16.2 Å². The summed E-state index contributed by atoms with van der Waals surface area (Å²) in [5.41, 5.74) is 0.541. The van der Waals surface area contributed by atoms with Gasteiger partial charge in [-0.2, -0.15) is 0 Å². The second-order valence-corrected chi connectivity index (χ2v) is 12.2. The molecule has 0 saturated carbocycles. The van der Waals surface area contributed by atoms with E-state index < -0.39 is 5.97 Å². The summed E-state index contributed by atoms with van der Waals surface area (Å²) in [6.45, 7) is 4.41. The zero-order valence-corrected chi connectivity index (χ0v) is 26.2. The minimum atomic E-state index is -0.738. The number of fused-ring (bicyclic) bond motifs is 1. The van der Waals surface area contributed by atoms with Gasteiger partial charge in [-0.1, -0.05) is 68.6 Å². The Bertz CT molecular complexity index is 1420. The molecule has 2 amide bonds. The molecule has 2 aliphatic heterocycles. The van der Waals surface area contributed by atoms with Crippen molar-refractivity contribution in [1.82, 2.24) is 19.2 Å². The largest absolute Gasteiger partial charge is 0.481 e. The highest BCUT2D eigenvalue weighted by atomic mass is 32.2. The highest BCUT2D eigenvalue weighted by Crippen LogP contribution is 2.34. The lowest BCUT2D eigenvalue weighted by Crippen LogP contribution is -2.49. The first-order valence-corrected chi connectivity index (χ1v) is 16.2. The van der Waals surface area contributed by atoms with E-state index in [-0.39, 0.29) is 24.0 Å². The fraction of sp³-hybridized carbons (Fsp3) is 0.533. The molecule has 0 atom stereocenters. The first-order valence-electron chi connectivity index (χ1n) is 15.0. The van der Waals surface area contributed by atoms with Crippen molar-refractivity contribution in [3.63, 3.8) is 0 Å². The number of hydrogen-bond acceptors (Lipinski definition) is 9. The Morgan fingerprint density at radius 2 is 1.70 bits per heavy atom. The van der Waals surface area contributed by atoms with E-state index in [0.717, 1.165) is 51.4 Å². The molecule has 4 heterocycles. The van der Waals surface area contributed by atoms with E-state index in [2.05, 4.69) is 0 Å². The van der Waals surface area contributed by atoms with Crippen molar-refractivity contribution < 1.29 is 24.2 Å². The number of carboxylic acid groups (broad SMARTS) is 1. The van der Waals surface area contributed by atoms with Crippen molar-refractivity contribution in [3.8, 4) is 0 Å². The Balaban J connectivity index is 1.40. The standard InChI is InChI=1S/C30H39N5O6S2/c1-2-41-29(40)33-19-17-32(18-20-33)26-22(27(38)34-15-12-10-13-24(34)31-26)21-23-28(39)35(30(42)43-23)16-11-8-6-4-3-5-7-9-14-25(36)37/h10,12-13,15,21H,2-9,11,14,16-20H2,1H3,(H,36,37). The number of nitrogens with zero attached hydrogens (tertiary/aromatic N) is 5. The number of amides is 2. The van der Waals surface area contributed by atoms with Gasteiger partial charge in [0.25, 0.3) is 11.5 Å². The molecule has 13 heteroatoms. The van der Waals surface area contributed by atoms with Crippen molar-refractivity contribution in [1.29, 1.82) is 0 Å². The van der Waals surface area contributed by atoms with Crippen LogP contribution in [0.15, 0.2) is 34.1 Å². The first-order chi connectivity index (χ1) is 20.8. The zero-order valence-electron chi connectivity index (χ0n) is 24.5. The number of unbranched alkanes of at least 4 members (excludes halogenated alkanes) is 7. The number of carboxylic acids is 1. The monoisotopic (exact) mass is 629 g/mol. The molecule has 0 spiro atoms. The van der Waals surface area contributed by atoms with Gasteiger partial charge in [0.2, 0.25) is 0 Å². The van der Waals surface area contributed by atoms with Gasteiger partial charge in [0.1, 0.15) is 15.8 Å². The minimum absolute atomic E-state index is 0.205. The van der Waals surface area contributed by atoms with Gasteiger partial charge in [0.15, 0.2) is 0 Å². The summed E-state index contributed by atoms with van der Waals surface area (Å²) in [5, 5.41) is 8.71. The third-order valence-electron chi connectivity index (χ3n) is 7.53. The molecule has 2 aromatic rings. The number of carbonyl (C=O) groups is 3. The van der Waals surface area contributed by atoms with E-state index in [1.54, 1.807) is 41.1 Å². The van der Waals surface area contributed by atoms with Crippen LogP contribution in [0.3, 0.4) is 0 Å². The van der Waals surface area contributed by atoms with Crippen LogP contribution in [0.4, 0.5) is 10.6 Å². The molecule has 11 nitrogen and oxygen atoms in total. The molecule has 2 saturated heterocycles. The summed E-state index contributed by atoms with van der Waals surface area (Å²) in [4.78, 5) is 60.2. The lowest BCUT2D eigenvalue weighted by Gasteiger charge is -2.35. The first kappa shape index (κ1) is 32.5. The van der Waals surface area contributed by atoms with Gasteiger partial charge in [-0.3, -0.25) is 23.7 Å². The third-order valence-corrected chi connectivity index (χ3v) is 8.90. The van der Waals surface area contributed by atoms with Crippen molar-refractivity contribution in [3.05, 3.63) is 45.2 Å². The molecule has 0 aliphatic carbocycles. The lowest BCUT2D eigenvalue weighted by molar-refractivity contribution is -0.137. The number of thiocarbonyl (C=S) groups is 1. The molecule has 0 unspecified atom stereocenters. The summed E-state index contributed by atoms with van der Waals surface area (Å²) in [5.74, 6) is -0.463. The molecule has 0 aromatic carbocycles. The van der Waals surface area contributed by atoms with Gasteiger partial charge < -0.3 is 19.6 Å². The average molecular weight is 630 g/mol. The van der Waals surface area contributed by atoms with E-state index >= 15 is 0 Å². The van der Waals surface area contributed by atoms with Crippen LogP contribution in [0, 0.1) is 0 Å². The van der Waals surface area contributed by atoms with Crippen LogP contribution in [0.5, 0.6) is 0 Å². The number of aliphatic carboxylic acids is 1. The number of pyridine rings is 1. The van der Waals surface area contributed by atoms with Crippen LogP contribution in [-0.2, 0) is 14.3 Å². The van der Waals surface area contributed by atoms with Gasteiger partial charge in [-0.15, -0.1) is 0 Å². The summed E-state index contributed by atoms with van der Waals surface area (Å²) in [6, 6.07) is 5.34.